The summed E-state index contributed by atoms with van der Waals surface area (Å²) in [6, 6.07) is 9.73. The first-order chi connectivity index (χ1) is 16.8. The number of rotatable bonds is 7. The SMILES string of the molecule is COC(=O)[C@@]1(c2cn(-c3ccccc3)cn2)C[C@H]1CCCN(C(=O)OC(C)(C)C)C(=O)OC(C)(C)C. The summed E-state index contributed by atoms with van der Waals surface area (Å²) in [6.07, 6.45) is 3.69. The molecule has 1 heterocycles. The van der Waals surface area contributed by atoms with Gasteiger partial charge in [0.25, 0.3) is 0 Å². The minimum Gasteiger partial charge on any atom is -0.468 e. The first-order valence-corrected chi connectivity index (χ1v) is 12.2. The Hall–Kier alpha value is -3.36. The topological polar surface area (TPSA) is 100.0 Å². The van der Waals surface area contributed by atoms with Gasteiger partial charge >= 0.3 is 18.2 Å². The highest BCUT2D eigenvalue weighted by atomic mass is 16.6. The predicted octanol–water partition coefficient (Wildman–Crippen LogP) is 5.26. The predicted molar refractivity (Wildman–Crippen MR) is 134 cm³/mol. The fraction of sp³-hybridized carbons (Fsp3) is 0.556. The van der Waals surface area contributed by atoms with Crippen LogP contribution in [0, 0.1) is 5.92 Å². The number of nitrogens with zero attached hydrogens (tertiary/aromatic N) is 3. The number of ether oxygens (including phenoxy) is 3. The van der Waals surface area contributed by atoms with Gasteiger partial charge in [-0.05, 0) is 78.9 Å². The van der Waals surface area contributed by atoms with Crippen molar-refractivity contribution in [1.29, 1.82) is 0 Å². The van der Waals surface area contributed by atoms with E-state index in [0.717, 1.165) is 10.6 Å². The van der Waals surface area contributed by atoms with E-state index in [0.29, 0.717) is 25.0 Å². The van der Waals surface area contributed by atoms with Crippen molar-refractivity contribution in [3.63, 3.8) is 0 Å². The molecule has 196 valence electrons. The van der Waals surface area contributed by atoms with Crippen LogP contribution in [0.4, 0.5) is 9.59 Å². The molecule has 36 heavy (non-hydrogen) atoms. The molecule has 2 amide bonds. The van der Waals surface area contributed by atoms with E-state index in [-0.39, 0.29) is 18.4 Å². The number of imidazole rings is 1. The number of hydrogen-bond donors (Lipinski definition) is 0. The van der Waals surface area contributed by atoms with Crippen molar-refractivity contribution >= 4 is 18.2 Å². The van der Waals surface area contributed by atoms with Crippen molar-refractivity contribution in [2.24, 2.45) is 5.92 Å². The van der Waals surface area contributed by atoms with Gasteiger partial charge in [0.05, 0.1) is 19.1 Å². The smallest absolute Gasteiger partial charge is 0.419 e. The summed E-state index contributed by atoms with van der Waals surface area (Å²) in [5.74, 6) is -0.356. The first kappa shape index (κ1) is 27.2. The van der Waals surface area contributed by atoms with Crippen LogP contribution in [0.15, 0.2) is 42.9 Å². The Balaban J connectivity index is 1.71. The Kier molecular flexibility index (Phi) is 7.81. The van der Waals surface area contributed by atoms with Crippen molar-refractivity contribution in [2.45, 2.75) is 77.4 Å². The quantitative estimate of drug-likeness (QED) is 0.379. The number of carbonyl (C=O) groups is 3. The molecule has 0 aliphatic heterocycles. The Bertz CT molecular complexity index is 1050. The highest BCUT2D eigenvalue weighted by Crippen LogP contribution is 2.57. The molecular weight excluding hydrogens is 462 g/mol. The zero-order valence-corrected chi connectivity index (χ0v) is 22.2. The number of imide groups is 1. The van der Waals surface area contributed by atoms with Crippen LogP contribution in [0.2, 0.25) is 0 Å². The van der Waals surface area contributed by atoms with E-state index in [1.807, 2.05) is 41.1 Å². The third-order valence-corrected chi connectivity index (χ3v) is 5.91. The molecule has 1 aliphatic rings. The lowest BCUT2D eigenvalue weighted by Crippen LogP contribution is -2.44. The number of amides is 2. The minimum absolute atomic E-state index is 0.0248. The zero-order valence-electron chi connectivity index (χ0n) is 22.2. The van der Waals surface area contributed by atoms with Gasteiger partial charge in [-0.3, -0.25) is 4.79 Å². The average molecular weight is 500 g/mol. The molecule has 0 spiro atoms. The fourth-order valence-electron chi connectivity index (χ4n) is 4.21. The van der Waals surface area contributed by atoms with Crippen LogP contribution < -0.4 is 0 Å². The largest absolute Gasteiger partial charge is 0.468 e. The number of carbonyl (C=O) groups excluding carboxylic acids is 3. The first-order valence-electron chi connectivity index (χ1n) is 12.2. The Labute approximate surface area is 212 Å². The van der Waals surface area contributed by atoms with E-state index in [2.05, 4.69) is 4.98 Å². The van der Waals surface area contributed by atoms with Crippen molar-refractivity contribution in [1.82, 2.24) is 14.5 Å². The van der Waals surface area contributed by atoms with Crippen LogP contribution in [-0.2, 0) is 24.4 Å². The van der Waals surface area contributed by atoms with Gasteiger partial charge in [0.15, 0.2) is 0 Å². The molecule has 0 bridgehead atoms. The molecule has 1 aliphatic carbocycles. The number of methoxy groups -OCH3 is 1. The number of esters is 1. The monoisotopic (exact) mass is 499 g/mol. The molecule has 0 N–H and O–H groups in total. The summed E-state index contributed by atoms with van der Waals surface area (Å²) >= 11 is 0. The van der Waals surface area contributed by atoms with Crippen LogP contribution in [0.5, 0.6) is 0 Å². The van der Waals surface area contributed by atoms with Gasteiger partial charge in [-0.25, -0.2) is 19.5 Å². The van der Waals surface area contributed by atoms with Gasteiger partial charge in [-0.1, -0.05) is 18.2 Å². The maximum atomic E-state index is 12.8. The third kappa shape index (κ3) is 6.44. The molecule has 3 rings (SSSR count). The molecule has 1 aromatic carbocycles. The number of benzene rings is 1. The molecule has 2 atom stereocenters. The molecule has 0 saturated heterocycles. The fourth-order valence-corrected chi connectivity index (χ4v) is 4.21. The van der Waals surface area contributed by atoms with Gasteiger partial charge in [-0.2, -0.15) is 0 Å². The molecule has 2 aromatic rings. The van der Waals surface area contributed by atoms with Gasteiger partial charge in [0, 0.05) is 18.4 Å². The standard InChI is InChI=1S/C27H37N3O6/c1-25(2,3)35-23(32)30(24(33)36-26(4,5)6)15-11-12-19-16-27(19,22(31)34-7)21-17-29(18-28-21)20-13-9-8-10-14-20/h8-10,13-14,17-19H,11-12,15-16H2,1-7H3/t19-,27+/m1/s1. The van der Waals surface area contributed by atoms with Crippen molar-refractivity contribution in [2.75, 3.05) is 13.7 Å². The molecule has 1 aromatic heterocycles. The highest BCUT2D eigenvalue weighted by molar-refractivity contribution is 5.88. The summed E-state index contributed by atoms with van der Waals surface area (Å²) in [4.78, 5) is 43.8. The number of hydrogen-bond acceptors (Lipinski definition) is 7. The minimum atomic E-state index is -0.836. The molecule has 9 nitrogen and oxygen atoms in total. The zero-order chi connectivity index (χ0) is 26.7. The van der Waals surface area contributed by atoms with E-state index in [1.54, 1.807) is 47.9 Å². The van der Waals surface area contributed by atoms with Crippen LogP contribution in [0.25, 0.3) is 5.69 Å². The summed E-state index contributed by atoms with van der Waals surface area (Å²) in [6.45, 7) is 10.5. The van der Waals surface area contributed by atoms with Gasteiger partial charge in [0.2, 0.25) is 0 Å². The average Bonchev–Trinajstić information content (AvgIpc) is 3.28. The second-order valence-electron chi connectivity index (χ2n) is 11.1. The van der Waals surface area contributed by atoms with E-state index in [9.17, 15) is 14.4 Å². The molecular formula is C27H37N3O6. The Morgan fingerprint density at radius 1 is 1.03 bits per heavy atom. The molecule has 0 radical (unpaired) electrons. The lowest BCUT2D eigenvalue weighted by atomic mass is 9.97. The molecule has 1 saturated carbocycles. The highest BCUT2D eigenvalue weighted by Gasteiger charge is 2.63. The van der Waals surface area contributed by atoms with Crippen LogP contribution in [0.1, 0.15) is 66.5 Å². The maximum absolute atomic E-state index is 12.8. The molecule has 0 unspecified atom stereocenters. The summed E-state index contributed by atoms with van der Waals surface area (Å²) in [5, 5.41) is 0. The van der Waals surface area contributed by atoms with Crippen LogP contribution in [-0.4, -0.2) is 57.5 Å². The molecule has 9 heteroatoms. The molecule has 1 fully saturated rings. The van der Waals surface area contributed by atoms with Gasteiger partial charge in [-0.15, -0.1) is 0 Å². The lowest BCUT2D eigenvalue weighted by molar-refractivity contribution is -0.144. The Morgan fingerprint density at radius 3 is 2.14 bits per heavy atom. The van der Waals surface area contributed by atoms with E-state index in [4.69, 9.17) is 14.2 Å². The normalized spacial score (nSPS) is 19.4. The van der Waals surface area contributed by atoms with E-state index in [1.165, 1.54) is 7.11 Å². The Morgan fingerprint density at radius 2 is 1.61 bits per heavy atom. The lowest BCUT2D eigenvalue weighted by Gasteiger charge is -2.28. The van der Waals surface area contributed by atoms with Crippen molar-refractivity contribution < 1.29 is 28.6 Å². The summed E-state index contributed by atoms with van der Waals surface area (Å²) in [5.41, 5.74) is -0.757. The number of para-hydroxylation sites is 1. The van der Waals surface area contributed by atoms with Crippen molar-refractivity contribution in [3.8, 4) is 5.69 Å². The van der Waals surface area contributed by atoms with Gasteiger partial charge in [0.1, 0.15) is 16.6 Å². The van der Waals surface area contributed by atoms with E-state index < -0.39 is 28.8 Å². The maximum Gasteiger partial charge on any atom is 0.419 e. The second kappa shape index (κ2) is 10.3. The summed E-state index contributed by atoms with van der Waals surface area (Å²) in [7, 11) is 1.38. The number of aromatic nitrogens is 2. The summed E-state index contributed by atoms with van der Waals surface area (Å²) < 4.78 is 17.9. The van der Waals surface area contributed by atoms with Crippen LogP contribution >= 0.6 is 0 Å². The van der Waals surface area contributed by atoms with Crippen LogP contribution in [0.3, 0.4) is 0 Å². The van der Waals surface area contributed by atoms with Crippen molar-refractivity contribution in [3.05, 3.63) is 48.5 Å². The van der Waals surface area contributed by atoms with Gasteiger partial charge < -0.3 is 18.8 Å². The second-order valence-corrected chi connectivity index (χ2v) is 11.1. The van der Waals surface area contributed by atoms with E-state index >= 15 is 0 Å². The third-order valence-electron chi connectivity index (χ3n) is 5.91.